The molecule has 1 fully saturated rings. The van der Waals surface area contributed by atoms with Gasteiger partial charge in [0.15, 0.2) is 5.82 Å². The zero-order valence-corrected chi connectivity index (χ0v) is 13.6. The van der Waals surface area contributed by atoms with Crippen molar-refractivity contribution >= 4 is 5.91 Å². The van der Waals surface area contributed by atoms with E-state index in [-0.39, 0.29) is 11.3 Å². The molecule has 1 aromatic rings. The zero-order chi connectivity index (χ0) is 15.5. The molecule has 118 valence electrons. The number of aryl methyl sites for hydroxylation is 1. The van der Waals surface area contributed by atoms with Crippen LogP contribution in [-0.2, 0) is 16.6 Å². The maximum atomic E-state index is 12.0. The molecule has 1 heterocycles. The highest BCUT2D eigenvalue weighted by Crippen LogP contribution is 2.23. The van der Waals surface area contributed by atoms with E-state index in [9.17, 15) is 4.79 Å². The van der Waals surface area contributed by atoms with Gasteiger partial charge in [-0.3, -0.25) is 4.79 Å². The van der Waals surface area contributed by atoms with Crippen LogP contribution in [0.1, 0.15) is 71.5 Å². The first-order valence-electron chi connectivity index (χ1n) is 7.97. The lowest BCUT2D eigenvalue weighted by atomic mass is 9.87. The molecule has 5 heteroatoms. The fraction of sp³-hybridized carbons (Fsp3) is 0.812. The molecule has 0 spiro atoms. The molecule has 0 aliphatic heterocycles. The lowest BCUT2D eigenvalue weighted by Gasteiger charge is -2.27. The molecule has 1 aliphatic carbocycles. The van der Waals surface area contributed by atoms with Crippen molar-refractivity contribution < 1.29 is 9.32 Å². The number of aromatic nitrogens is 2. The summed E-state index contributed by atoms with van der Waals surface area (Å²) in [4.78, 5) is 16.3. The van der Waals surface area contributed by atoms with Gasteiger partial charge in [-0.1, -0.05) is 45.7 Å². The summed E-state index contributed by atoms with van der Waals surface area (Å²) in [6.07, 6.45) is 5.62. The maximum Gasteiger partial charge on any atom is 0.227 e. The molecule has 2 rings (SSSR count). The largest absolute Gasteiger partial charge is 0.353 e. The van der Waals surface area contributed by atoms with Crippen LogP contribution in [0.2, 0.25) is 0 Å². The van der Waals surface area contributed by atoms with Crippen LogP contribution in [0.5, 0.6) is 0 Å². The minimum absolute atomic E-state index is 0.0876. The first kappa shape index (κ1) is 16.0. The van der Waals surface area contributed by atoms with Crippen LogP contribution in [0.3, 0.4) is 0 Å². The van der Waals surface area contributed by atoms with Gasteiger partial charge in [-0.25, -0.2) is 0 Å². The summed E-state index contributed by atoms with van der Waals surface area (Å²) in [7, 11) is 0. The number of amides is 1. The molecule has 1 saturated carbocycles. The molecule has 0 saturated heterocycles. The predicted octanol–water partition coefficient (Wildman–Crippen LogP) is 2.99. The van der Waals surface area contributed by atoms with E-state index in [2.05, 4.69) is 22.4 Å². The van der Waals surface area contributed by atoms with Crippen LogP contribution in [0, 0.1) is 5.92 Å². The lowest BCUT2D eigenvalue weighted by Crippen LogP contribution is -2.38. The van der Waals surface area contributed by atoms with Crippen LogP contribution in [0.15, 0.2) is 4.52 Å². The fourth-order valence-electron chi connectivity index (χ4n) is 2.75. The highest BCUT2D eigenvalue weighted by atomic mass is 16.5. The molecule has 1 amide bonds. The number of hydrogen-bond acceptors (Lipinski definition) is 4. The Hall–Kier alpha value is -1.39. The smallest absolute Gasteiger partial charge is 0.227 e. The summed E-state index contributed by atoms with van der Waals surface area (Å²) in [5, 5.41) is 7.10. The zero-order valence-electron chi connectivity index (χ0n) is 13.6. The van der Waals surface area contributed by atoms with Gasteiger partial charge >= 0.3 is 0 Å². The van der Waals surface area contributed by atoms with E-state index < -0.39 is 0 Å². The summed E-state index contributed by atoms with van der Waals surface area (Å²) < 4.78 is 5.21. The molecule has 0 radical (unpaired) electrons. The summed E-state index contributed by atoms with van der Waals surface area (Å²) >= 11 is 0. The Morgan fingerprint density at radius 2 is 2.14 bits per heavy atom. The van der Waals surface area contributed by atoms with Gasteiger partial charge in [0, 0.05) is 24.3 Å². The Balaban J connectivity index is 1.77. The molecule has 1 aliphatic rings. The molecular formula is C16H27N3O2. The van der Waals surface area contributed by atoms with Crippen molar-refractivity contribution in [3.63, 3.8) is 0 Å². The third-order valence-electron chi connectivity index (χ3n) is 4.01. The standard InChI is InChI=1S/C16H27N3O2/c1-11-6-5-7-12(10-11)17-13(20)8-9-14-18-15(19-21-14)16(2,3)4/h11-12H,5-10H2,1-4H3,(H,17,20)/t11-,12-/m1/s1. The molecular weight excluding hydrogens is 266 g/mol. The SMILES string of the molecule is C[C@@H]1CCC[C@@H](NC(=O)CCc2nc(C(C)(C)C)no2)C1. The molecule has 1 N–H and O–H groups in total. The van der Waals surface area contributed by atoms with Gasteiger partial charge in [0.2, 0.25) is 11.8 Å². The Labute approximate surface area is 126 Å². The minimum Gasteiger partial charge on any atom is -0.353 e. The van der Waals surface area contributed by atoms with E-state index >= 15 is 0 Å². The molecule has 2 atom stereocenters. The van der Waals surface area contributed by atoms with Gasteiger partial charge in [-0.05, 0) is 18.8 Å². The van der Waals surface area contributed by atoms with Crippen molar-refractivity contribution in [2.45, 2.75) is 77.7 Å². The quantitative estimate of drug-likeness (QED) is 0.926. The van der Waals surface area contributed by atoms with Crippen LogP contribution in [0.25, 0.3) is 0 Å². The van der Waals surface area contributed by atoms with Crippen LogP contribution in [0.4, 0.5) is 0 Å². The number of nitrogens with one attached hydrogen (secondary N) is 1. The topological polar surface area (TPSA) is 68.0 Å². The highest BCUT2D eigenvalue weighted by molar-refractivity contribution is 5.76. The van der Waals surface area contributed by atoms with Crippen molar-refractivity contribution in [1.82, 2.24) is 15.5 Å². The Bertz CT molecular complexity index is 476. The van der Waals surface area contributed by atoms with E-state index in [0.717, 1.165) is 12.8 Å². The average molecular weight is 293 g/mol. The number of rotatable bonds is 4. The van der Waals surface area contributed by atoms with Crippen molar-refractivity contribution in [2.24, 2.45) is 5.92 Å². The Morgan fingerprint density at radius 1 is 1.38 bits per heavy atom. The van der Waals surface area contributed by atoms with Gasteiger partial charge in [0.1, 0.15) is 0 Å². The minimum atomic E-state index is -0.123. The van der Waals surface area contributed by atoms with E-state index in [1.54, 1.807) is 0 Å². The Morgan fingerprint density at radius 3 is 2.76 bits per heavy atom. The first-order chi connectivity index (χ1) is 9.84. The lowest BCUT2D eigenvalue weighted by molar-refractivity contribution is -0.122. The van der Waals surface area contributed by atoms with Crippen molar-refractivity contribution in [3.05, 3.63) is 11.7 Å². The third-order valence-corrected chi connectivity index (χ3v) is 4.01. The van der Waals surface area contributed by atoms with Crippen molar-refractivity contribution in [3.8, 4) is 0 Å². The first-order valence-corrected chi connectivity index (χ1v) is 7.97. The summed E-state index contributed by atoms with van der Waals surface area (Å²) in [6.45, 7) is 8.38. The van der Waals surface area contributed by atoms with Gasteiger partial charge in [-0.2, -0.15) is 4.98 Å². The van der Waals surface area contributed by atoms with Crippen molar-refractivity contribution in [2.75, 3.05) is 0 Å². The number of nitrogens with zero attached hydrogens (tertiary/aromatic N) is 2. The normalized spacial score (nSPS) is 23.0. The van der Waals surface area contributed by atoms with Gasteiger partial charge in [0.25, 0.3) is 0 Å². The molecule has 0 bridgehead atoms. The van der Waals surface area contributed by atoms with E-state index in [4.69, 9.17) is 4.52 Å². The summed E-state index contributed by atoms with van der Waals surface area (Å²) in [6, 6.07) is 0.342. The van der Waals surface area contributed by atoms with E-state index in [0.29, 0.717) is 36.5 Å². The van der Waals surface area contributed by atoms with Gasteiger partial charge in [-0.15, -0.1) is 0 Å². The molecule has 21 heavy (non-hydrogen) atoms. The number of hydrogen-bond donors (Lipinski definition) is 1. The number of carbonyl (C=O) groups excluding carboxylic acids is 1. The second kappa shape index (κ2) is 6.58. The molecule has 1 aromatic heterocycles. The van der Waals surface area contributed by atoms with Crippen LogP contribution < -0.4 is 5.32 Å². The second-order valence-corrected chi connectivity index (χ2v) is 7.30. The molecule has 0 aromatic carbocycles. The Kier molecular flexibility index (Phi) is 5.01. The van der Waals surface area contributed by atoms with Crippen molar-refractivity contribution in [1.29, 1.82) is 0 Å². The second-order valence-electron chi connectivity index (χ2n) is 7.30. The highest BCUT2D eigenvalue weighted by Gasteiger charge is 2.22. The maximum absolute atomic E-state index is 12.0. The number of carbonyl (C=O) groups is 1. The van der Waals surface area contributed by atoms with Gasteiger partial charge in [0.05, 0.1) is 0 Å². The van der Waals surface area contributed by atoms with E-state index in [1.807, 2.05) is 20.8 Å². The average Bonchev–Trinajstić information content (AvgIpc) is 2.85. The van der Waals surface area contributed by atoms with Crippen LogP contribution >= 0.6 is 0 Å². The third kappa shape index (κ3) is 4.83. The molecule has 5 nitrogen and oxygen atoms in total. The van der Waals surface area contributed by atoms with Gasteiger partial charge < -0.3 is 9.84 Å². The summed E-state index contributed by atoms with van der Waals surface area (Å²) in [5.41, 5.74) is -0.123. The fourth-order valence-corrected chi connectivity index (χ4v) is 2.75. The van der Waals surface area contributed by atoms with Crippen LogP contribution in [-0.4, -0.2) is 22.1 Å². The molecule has 0 unspecified atom stereocenters. The predicted molar refractivity (Wildman–Crippen MR) is 80.9 cm³/mol. The summed E-state index contributed by atoms with van der Waals surface area (Å²) in [5.74, 6) is 2.05. The monoisotopic (exact) mass is 293 g/mol. The van der Waals surface area contributed by atoms with E-state index in [1.165, 1.54) is 12.8 Å².